The number of aryl methyl sites for hydroxylation is 1. The summed E-state index contributed by atoms with van der Waals surface area (Å²) in [6.07, 6.45) is 0. The molecule has 0 aliphatic rings. The molecule has 0 radical (unpaired) electrons. The second kappa shape index (κ2) is 8.07. The lowest BCUT2D eigenvalue weighted by molar-refractivity contribution is -0.113. The Morgan fingerprint density at radius 3 is 2.89 bits per heavy atom. The molecule has 19 heavy (non-hydrogen) atoms. The van der Waals surface area contributed by atoms with Crippen LogP contribution in [0.1, 0.15) is 12.5 Å². The van der Waals surface area contributed by atoms with Gasteiger partial charge < -0.3 is 15.8 Å². The number of carbonyl (C=O) groups excluding carboxylic acids is 1. The Hall–Kier alpha value is -1.20. The Balaban J connectivity index is 2.50. The van der Waals surface area contributed by atoms with E-state index in [0.29, 0.717) is 24.0 Å². The molecule has 1 aromatic rings. The van der Waals surface area contributed by atoms with Gasteiger partial charge in [-0.25, -0.2) is 0 Å². The number of nitrogens with one attached hydrogen (secondary N) is 1. The van der Waals surface area contributed by atoms with Crippen molar-refractivity contribution >= 4 is 23.4 Å². The Labute approximate surface area is 119 Å². The molecule has 106 valence electrons. The van der Waals surface area contributed by atoms with Crippen molar-refractivity contribution < 1.29 is 9.53 Å². The number of carbonyl (C=O) groups is 1. The quantitative estimate of drug-likeness (QED) is 0.805. The van der Waals surface area contributed by atoms with Crippen LogP contribution in [-0.4, -0.2) is 31.1 Å². The summed E-state index contributed by atoms with van der Waals surface area (Å²) in [5.41, 5.74) is 7.34. The third-order valence-electron chi connectivity index (χ3n) is 2.67. The Morgan fingerprint density at radius 2 is 2.26 bits per heavy atom. The zero-order valence-electron chi connectivity index (χ0n) is 11.7. The zero-order valence-corrected chi connectivity index (χ0v) is 12.5. The van der Waals surface area contributed by atoms with Crippen molar-refractivity contribution in [3.63, 3.8) is 0 Å². The van der Waals surface area contributed by atoms with Crippen molar-refractivity contribution in [3.05, 3.63) is 23.8 Å². The van der Waals surface area contributed by atoms with E-state index in [0.717, 1.165) is 17.0 Å². The lowest BCUT2D eigenvalue weighted by Gasteiger charge is -2.11. The van der Waals surface area contributed by atoms with Gasteiger partial charge in [0.05, 0.1) is 18.6 Å². The normalized spacial score (nSPS) is 12.0. The molecule has 3 N–H and O–H groups in total. The van der Waals surface area contributed by atoms with Crippen molar-refractivity contribution in [3.8, 4) is 5.75 Å². The molecule has 1 aromatic carbocycles. The first kappa shape index (κ1) is 15.9. The molecule has 0 fully saturated rings. The fourth-order valence-electron chi connectivity index (χ4n) is 1.53. The molecule has 5 heteroatoms. The van der Waals surface area contributed by atoms with Gasteiger partial charge in [-0.1, -0.05) is 13.0 Å². The van der Waals surface area contributed by atoms with Gasteiger partial charge in [-0.15, -0.1) is 0 Å². The molecule has 0 heterocycles. The van der Waals surface area contributed by atoms with Crippen molar-refractivity contribution in [2.24, 2.45) is 11.7 Å². The van der Waals surface area contributed by atoms with Crippen molar-refractivity contribution in [2.75, 3.05) is 30.5 Å². The molecular weight excluding hydrogens is 260 g/mol. The van der Waals surface area contributed by atoms with Crippen LogP contribution >= 0.6 is 11.8 Å². The van der Waals surface area contributed by atoms with Crippen molar-refractivity contribution in [1.82, 2.24) is 0 Å². The Bertz CT molecular complexity index is 424. The molecule has 0 spiro atoms. The average Bonchev–Trinajstić information content (AvgIpc) is 2.38. The first-order chi connectivity index (χ1) is 9.06. The largest absolute Gasteiger partial charge is 0.495 e. The van der Waals surface area contributed by atoms with Crippen LogP contribution in [0.5, 0.6) is 5.75 Å². The van der Waals surface area contributed by atoms with Crippen LogP contribution in [0.4, 0.5) is 5.69 Å². The molecule has 4 nitrogen and oxygen atoms in total. The van der Waals surface area contributed by atoms with E-state index in [1.54, 1.807) is 18.9 Å². The number of methoxy groups -OCH3 is 1. The van der Waals surface area contributed by atoms with Gasteiger partial charge in [0.2, 0.25) is 5.91 Å². The van der Waals surface area contributed by atoms with Gasteiger partial charge in [-0.2, -0.15) is 11.8 Å². The van der Waals surface area contributed by atoms with E-state index in [9.17, 15) is 4.79 Å². The second-order valence-electron chi connectivity index (χ2n) is 4.61. The number of rotatable bonds is 7. The predicted octanol–water partition coefficient (Wildman–Crippen LogP) is 2.27. The SMILES string of the molecule is COc1ccc(C)cc1NC(=O)CSCC(C)CN. The summed E-state index contributed by atoms with van der Waals surface area (Å²) in [6, 6.07) is 5.71. The van der Waals surface area contributed by atoms with Gasteiger partial charge in [0.15, 0.2) is 0 Å². The molecule has 0 saturated carbocycles. The molecular formula is C14H22N2O2S. The van der Waals surface area contributed by atoms with E-state index >= 15 is 0 Å². The Morgan fingerprint density at radius 1 is 1.53 bits per heavy atom. The monoisotopic (exact) mass is 282 g/mol. The first-order valence-electron chi connectivity index (χ1n) is 6.29. The number of benzene rings is 1. The molecule has 1 amide bonds. The van der Waals surface area contributed by atoms with Gasteiger partial charge in [-0.05, 0) is 42.8 Å². The fourth-order valence-corrected chi connectivity index (χ4v) is 2.44. The van der Waals surface area contributed by atoms with Crippen LogP contribution in [0.2, 0.25) is 0 Å². The minimum absolute atomic E-state index is 0.0156. The molecule has 1 rings (SSSR count). The number of hydrogen-bond acceptors (Lipinski definition) is 4. The van der Waals surface area contributed by atoms with Crippen LogP contribution in [0, 0.1) is 12.8 Å². The van der Waals surface area contributed by atoms with E-state index in [1.165, 1.54) is 0 Å². The summed E-state index contributed by atoms with van der Waals surface area (Å²) in [5.74, 6) is 2.43. The summed E-state index contributed by atoms with van der Waals surface area (Å²) < 4.78 is 5.22. The predicted molar refractivity (Wildman–Crippen MR) is 81.9 cm³/mol. The van der Waals surface area contributed by atoms with Crippen LogP contribution < -0.4 is 15.8 Å². The minimum atomic E-state index is -0.0156. The van der Waals surface area contributed by atoms with Gasteiger partial charge in [0.1, 0.15) is 5.75 Å². The molecule has 1 unspecified atom stereocenters. The lowest BCUT2D eigenvalue weighted by atomic mass is 10.2. The minimum Gasteiger partial charge on any atom is -0.495 e. The number of thioether (sulfide) groups is 1. The number of nitrogens with two attached hydrogens (primary N) is 1. The van der Waals surface area contributed by atoms with Crippen LogP contribution in [0.15, 0.2) is 18.2 Å². The summed E-state index contributed by atoms with van der Waals surface area (Å²) in [5, 5.41) is 2.88. The highest BCUT2D eigenvalue weighted by Gasteiger charge is 2.08. The third kappa shape index (κ3) is 5.53. The summed E-state index contributed by atoms with van der Waals surface area (Å²) in [6.45, 7) is 4.71. The molecule has 0 saturated heterocycles. The van der Waals surface area contributed by atoms with Crippen molar-refractivity contribution in [2.45, 2.75) is 13.8 Å². The maximum absolute atomic E-state index is 11.8. The van der Waals surface area contributed by atoms with E-state index in [-0.39, 0.29) is 5.91 Å². The smallest absolute Gasteiger partial charge is 0.234 e. The highest BCUT2D eigenvalue weighted by Crippen LogP contribution is 2.25. The maximum atomic E-state index is 11.8. The average molecular weight is 282 g/mol. The third-order valence-corrected chi connectivity index (χ3v) is 3.94. The van der Waals surface area contributed by atoms with E-state index in [2.05, 4.69) is 12.2 Å². The fraction of sp³-hybridized carbons (Fsp3) is 0.500. The highest BCUT2D eigenvalue weighted by molar-refractivity contribution is 7.99. The number of ether oxygens (including phenoxy) is 1. The lowest BCUT2D eigenvalue weighted by Crippen LogP contribution is -2.17. The van der Waals surface area contributed by atoms with E-state index < -0.39 is 0 Å². The molecule has 0 aliphatic carbocycles. The van der Waals surface area contributed by atoms with Crippen LogP contribution in [-0.2, 0) is 4.79 Å². The topological polar surface area (TPSA) is 64.3 Å². The van der Waals surface area contributed by atoms with E-state index in [1.807, 2.05) is 25.1 Å². The molecule has 0 aromatic heterocycles. The maximum Gasteiger partial charge on any atom is 0.234 e. The van der Waals surface area contributed by atoms with Crippen LogP contribution in [0.3, 0.4) is 0 Å². The first-order valence-corrected chi connectivity index (χ1v) is 7.44. The van der Waals surface area contributed by atoms with Gasteiger partial charge in [0, 0.05) is 0 Å². The highest BCUT2D eigenvalue weighted by atomic mass is 32.2. The summed E-state index contributed by atoms with van der Waals surface area (Å²) >= 11 is 1.60. The summed E-state index contributed by atoms with van der Waals surface area (Å²) in [4.78, 5) is 11.8. The van der Waals surface area contributed by atoms with Crippen LogP contribution in [0.25, 0.3) is 0 Å². The molecule has 0 bridgehead atoms. The Kier molecular flexibility index (Phi) is 6.73. The van der Waals surface area contributed by atoms with Gasteiger partial charge in [0.25, 0.3) is 0 Å². The standard InChI is InChI=1S/C14H22N2O2S/c1-10-4-5-13(18-3)12(6-10)16-14(17)9-19-8-11(2)7-15/h4-6,11H,7-9,15H2,1-3H3,(H,16,17). The zero-order chi connectivity index (χ0) is 14.3. The number of anilines is 1. The molecule has 1 atom stereocenters. The van der Waals surface area contributed by atoms with Crippen molar-refractivity contribution in [1.29, 1.82) is 0 Å². The molecule has 0 aliphatic heterocycles. The number of amides is 1. The number of hydrogen-bond donors (Lipinski definition) is 2. The summed E-state index contributed by atoms with van der Waals surface area (Å²) in [7, 11) is 1.60. The van der Waals surface area contributed by atoms with E-state index in [4.69, 9.17) is 10.5 Å². The second-order valence-corrected chi connectivity index (χ2v) is 5.64. The van der Waals surface area contributed by atoms with Gasteiger partial charge in [-0.3, -0.25) is 4.79 Å². The van der Waals surface area contributed by atoms with Gasteiger partial charge >= 0.3 is 0 Å².